The van der Waals surface area contributed by atoms with Crippen LogP contribution in [0.5, 0.6) is 0 Å². The number of hydrogen-bond donors (Lipinski definition) is 1. The molecule has 5 heteroatoms. The number of aliphatic hydroxyl groups excluding tert-OH is 1. The second-order valence-electron chi connectivity index (χ2n) is 6.01. The molecule has 0 bridgehead atoms. The molecular formula is C17H22ClN3O. The Kier molecular flexibility index (Phi) is 5.13. The summed E-state index contributed by atoms with van der Waals surface area (Å²) >= 11 is 5.93. The Hall–Kier alpha value is -1.36. The first-order valence-electron chi connectivity index (χ1n) is 7.85. The Morgan fingerprint density at radius 2 is 1.95 bits per heavy atom. The van der Waals surface area contributed by atoms with Crippen molar-refractivity contribution in [2.75, 3.05) is 19.6 Å². The molecule has 0 spiro atoms. The average molecular weight is 320 g/mol. The van der Waals surface area contributed by atoms with E-state index in [0.29, 0.717) is 11.1 Å². The largest absolute Gasteiger partial charge is 0.391 e. The molecule has 2 heterocycles. The Morgan fingerprint density at radius 3 is 2.59 bits per heavy atom. The highest BCUT2D eigenvalue weighted by molar-refractivity contribution is 6.30. The van der Waals surface area contributed by atoms with Crippen LogP contribution in [0.2, 0.25) is 5.02 Å². The predicted octanol–water partition coefficient (Wildman–Crippen LogP) is 2.78. The van der Waals surface area contributed by atoms with Crippen molar-refractivity contribution in [3.63, 3.8) is 0 Å². The van der Waals surface area contributed by atoms with Gasteiger partial charge in [-0.3, -0.25) is 4.68 Å². The SMILES string of the molecule is OC(Cc1ccccc1)CN1CCC(n2cc(Cl)cn2)CC1. The molecule has 0 amide bonds. The van der Waals surface area contributed by atoms with E-state index in [1.54, 1.807) is 6.20 Å². The summed E-state index contributed by atoms with van der Waals surface area (Å²) in [5.41, 5.74) is 1.19. The van der Waals surface area contributed by atoms with Gasteiger partial charge in [0.1, 0.15) is 0 Å². The first-order valence-corrected chi connectivity index (χ1v) is 8.22. The normalized spacial score (nSPS) is 18.5. The monoisotopic (exact) mass is 319 g/mol. The number of β-amino-alcohol motifs (C(OH)–C–C–N with tert-alkyl or cyclic N) is 1. The quantitative estimate of drug-likeness (QED) is 0.921. The van der Waals surface area contributed by atoms with Gasteiger partial charge in [-0.25, -0.2) is 0 Å². The first kappa shape index (κ1) is 15.5. The highest BCUT2D eigenvalue weighted by atomic mass is 35.5. The summed E-state index contributed by atoms with van der Waals surface area (Å²) in [6.45, 7) is 2.73. The molecular weight excluding hydrogens is 298 g/mol. The summed E-state index contributed by atoms with van der Waals surface area (Å²) in [7, 11) is 0. The molecule has 4 nitrogen and oxygen atoms in total. The summed E-state index contributed by atoms with van der Waals surface area (Å²) in [5, 5.41) is 15.3. The third-order valence-electron chi connectivity index (χ3n) is 4.28. The van der Waals surface area contributed by atoms with Crippen LogP contribution in [-0.4, -0.2) is 45.5 Å². The molecule has 0 radical (unpaired) electrons. The molecule has 1 aromatic carbocycles. The van der Waals surface area contributed by atoms with E-state index in [-0.39, 0.29) is 6.10 Å². The van der Waals surface area contributed by atoms with Crippen molar-refractivity contribution < 1.29 is 5.11 Å². The zero-order valence-electron chi connectivity index (χ0n) is 12.6. The number of likely N-dealkylation sites (tertiary alicyclic amines) is 1. The van der Waals surface area contributed by atoms with Gasteiger partial charge in [0.15, 0.2) is 0 Å². The van der Waals surface area contributed by atoms with Gasteiger partial charge in [0.2, 0.25) is 0 Å². The van der Waals surface area contributed by atoms with Gasteiger partial charge in [-0.2, -0.15) is 5.10 Å². The first-order chi connectivity index (χ1) is 10.7. The lowest BCUT2D eigenvalue weighted by atomic mass is 10.0. The van der Waals surface area contributed by atoms with E-state index in [4.69, 9.17) is 11.6 Å². The van der Waals surface area contributed by atoms with E-state index in [9.17, 15) is 5.11 Å². The highest BCUT2D eigenvalue weighted by Gasteiger charge is 2.22. The molecule has 1 atom stereocenters. The molecule has 0 saturated carbocycles. The zero-order chi connectivity index (χ0) is 15.4. The van der Waals surface area contributed by atoms with Gasteiger partial charge in [0.05, 0.1) is 23.4 Å². The van der Waals surface area contributed by atoms with Gasteiger partial charge in [-0.1, -0.05) is 41.9 Å². The molecule has 3 rings (SSSR count). The minimum atomic E-state index is -0.307. The van der Waals surface area contributed by atoms with Crippen LogP contribution in [0.4, 0.5) is 0 Å². The molecule has 22 heavy (non-hydrogen) atoms. The number of aromatic nitrogens is 2. The Labute approximate surface area is 136 Å². The standard InChI is InChI=1S/C17H22ClN3O/c18-15-11-19-21(12-15)16-6-8-20(9-7-16)13-17(22)10-14-4-2-1-3-5-14/h1-5,11-12,16-17,22H,6-10,13H2. The second-order valence-corrected chi connectivity index (χ2v) is 6.45. The fraction of sp³-hybridized carbons (Fsp3) is 0.471. The van der Waals surface area contributed by atoms with Crippen LogP contribution in [0.15, 0.2) is 42.7 Å². The maximum Gasteiger partial charge on any atom is 0.0785 e. The van der Waals surface area contributed by atoms with Crippen LogP contribution in [-0.2, 0) is 6.42 Å². The molecule has 1 N–H and O–H groups in total. The highest BCUT2D eigenvalue weighted by Crippen LogP contribution is 2.23. The predicted molar refractivity (Wildman–Crippen MR) is 88.1 cm³/mol. The molecule has 1 unspecified atom stereocenters. The van der Waals surface area contributed by atoms with Crippen molar-refractivity contribution in [3.8, 4) is 0 Å². The van der Waals surface area contributed by atoms with Crippen LogP contribution in [0.1, 0.15) is 24.4 Å². The molecule has 2 aromatic rings. The molecule has 1 aliphatic heterocycles. The van der Waals surface area contributed by atoms with Gasteiger partial charge >= 0.3 is 0 Å². The third-order valence-corrected chi connectivity index (χ3v) is 4.48. The van der Waals surface area contributed by atoms with E-state index in [2.05, 4.69) is 22.1 Å². The van der Waals surface area contributed by atoms with Crippen LogP contribution < -0.4 is 0 Å². The second kappa shape index (κ2) is 7.27. The lowest BCUT2D eigenvalue weighted by molar-refractivity contribution is 0.0891. The molecule has 118 valence electrons. The van der Waals surface area contributed by atoms with Gasteiger partial charge in [-0.05, 0) is 24.8 Å². The minimum absolute atomic E-state index is 0.307. The van der Waals surface area contributed by atoms with Crippen molar-refractivity contribution in [2.45, 2.75) is 31.4 Å². The number of hydrogen-bond acceptors (Lipinski definition) is 3. The summed E-state index contributed by atoms with van der Waals surface area (Å²) in [4.78, 5) is 2.34. The Bertz CT molecular complexity index is 579. The number of piperidine rings is 1. The Balaban J connectivity index is 1.45. The molecule has 1 aromatic heterocycles. The Morgan fingerprint density at radius 1 is 1.23 bits per heavy atom. The van der Waals surface area contributed by atoms with E-state index in [1.807, 2.05) is 29.1 Å². The van der Waals surface area contributed by atoms with Crippen LogP contribution in [0.25, 0.3) is 0 Å². The number of nitrogens with zero attached hydrogens (tertiary/aromatic N) is 3. The lowest BCUT2D eigenvalue weighted by Gasteiger charge is -2.33. The average Bonchev–Trinajstić information content (AvgIpc) is 2.95. The number of halogens is 1. The van der Waals surface area contributed by atoms with Gasteiger partial charge in [0.25, 0.3) is 0 Å². The van der Waals surface area contributed by atoms with Crippen molar-refractivity contribution in [3.05, 3.63) is 53.3 Å². The smallest absolute Gasteiger partial charge is 0.0785 e. The summed E-state index contributed by atoms with van der Waals surface area (Å²) in [6, 6.07) is 10.6. The maximum absolute atomic E-state index is 10.3. The lowest BCUT2D eigenvalue weighted by Crippen LogP contribution is -2.40. The van der Waals surface area contributed by atoms with E-state index in [1.165, 1.54) is 5.56 Å². The number of rotatable bonds is 5. The summed E-state index contributed by atoms with van der Waals surface area (Å²) in [5.74, 6) is 0. The zero-order valence-corrected chi connectivity index (χ0v) is 13.4. The van der Waals surface area contributed by atoms with Crippen molar-refractivity contribution in [2.24, 2.45) is 0 Å². The molecule has 1 saturated heterocycles. The van der Waals surface area contributed by atoms with Crippen molar-refractivity contribution in [1.29, 1.82) is 0 Å². The summed E-state index contributed by atoms with van der Waals surface area (Å²) < 4.78 is 1.97. The molecule has 1 fully saturated rings. The van der Waals surface area contributed by atoms with Gasteiger partial charge < -0.3 is 10.0 Å². The fourth-order valence-corrected chi connectivity index (χ4v) is 3.27. The topological polar surface area (TPSA) is 41.3 Å². The van der Waals surface area contributed by atoms with Crippen LogP contribution in [0, 0.1) is 0 Å². The third kappa shape index (κ3) is 4.09. The fourth-order valence-electron chi connectivity index (χ4n) is 3.13. The van der Waals surface area contributed by atoms with E-state index < -0.39 is 0 Å². The van der Waals surface area contributed by atoms with E-state index in [0.717, 1.165) is 38.9 Å². The molecule has 0 aliphatic carbocycles. The van der Waals surface area contributed by atoms with Gasteiger partial charge in [0, 0.05) is 25.8 Å². The van der Waals surface area contributed by atoms with Crippen molar-refractivity contribution in [1.82, 2.24) is 14.7 Å². The maximum atomic E-state index is 10.3. The summed E-state index contributed by atoms with van der Waals surface area (Å²) in [6.07, 6.45) is 6.10. The number of benzene rings is 1. The minimum Gasteiger partial charge on any atom is -0.391 e. The van der Waals surface area contributed by atoms with Gasteiger partial charge in [-0.15, -0.1) is 0 Å². The number of aliphatic hydroxyl groups is 1. The van der Waals surface area contributed by atoms with E-state index >= 15 is 0 Å². The molecule has 1 aliphatic rings. The van der Waals surface area contributed by atoms with Crippen molar-refractivity contribution >= 4 is 11.6 Å². The van der Waals surface area contributed by atoms with Crippen LogP contribution in [0.3, 0.4) is 0 Å². The van der Waals surface area contributed by atoms with Crippen LogP contribution >= 0.6 is 11.6 Å².